The van der Waals surface area contributed by atoms with E-state index in [0.29, 0.717) is 25.9 Å². The number of phenolic OH excluding ortho intramolecular Hbond substituents is 1. The Bertz CT molecular complexity index is 515. The Morgan fingerprint density at radius 2 is 2.05 bits per heavy atom. The number of piperidine rings is 1. The summed E-state index contributed by atoms with van der Waals surface area (Å²) in [5.74, 6) is -0.491. The quantitative estimate of drug-likeness (QED) is 0.870. The van der Waals surface area contributed by atoms with Gasteiger partial charge in [-0.25, -0.2) is 0 Å². The van der Waals surface area contributed by atoms with Crippen molar-refractivity contribution in [3.8, 4) is 5.75 Å². The first-order valence-corrected chi connectivity index (χ1v) is 7.32. The van der Waals surface area contributed by atoms with Crippen LogP contribution in [0.1, 0.15) is 31.2 Å². The number of carbonyl (C=O) groups excluding carboxylic acids is 1. The maximum Gasteiger partial charge on any atom is 0.303 e. The van der Waals surface area contributed by atoms with Gasteiger partial charge in [0, 0.05) is 25.9 Å². The summed E-state index contributed by atoms with van der Waals surface area (Å²) in [6.45, 7) is 1.24. The van der Waals surface area contributed by atoms with Gasteiger partial charge in [0.15, 0.2) is 0 Å². The molecule has 1 aliphatic heterocycles. The third-order valence-electron chi connectivity index (χ3n) is 3.93. The largest absolute Gasteiger partial charge is 0.508 e. The van der Waals surface area contributed by atoms with E-state index < -0.39 is 5.97 Å². The molecule has 2 rings (SSSR count). The van der Waals surface area contributed by atoms with Crippen LogP contribution in [0.5, 0.6) is 5.75 Å². The van der Waals surface area contributed by atoms with Gasteiger partial charge in [-0.1, -0.05) is 18.2 Å². The standard InChI is InChI=1S/C16H21NO4/c18-14-6-2-1-5-13(14)7-8-15(19)17-9-3-4-12(11-17)10-16(20)21/h1-2,5-6,12,18H,3-4,7-11H2,(H,20,21). The Morgan fingerprint density at radius 3 is 2.76 bits per heavy atom. The van der Waals surface area contributed by atoms with Gasteiger partial charge in [-0.05, 0) is 36.8 Å². The molecule has 0 aromatic heterocycles. The molecule has 0 bridgehead atoms. The average Bonchev–Trinajstić information content (AvgIpc) is 2.45. The van der Waals surface area contributed by atoms with Crippen LogP contribution < -0.4 is 0 Å². The lowest BCUT2D eigenvalue weighted by Crippen LogP contribution is -2.40. The fourth-order valence-corrected chi connectivity index (χ4v) is 2.83. The predicted molar refractivity (Wildman–Crippen MR) is 78.0 cm³/mol. The van der Waals surface area contributed by atoms with E-state index in [2.05, 4.69) is 0 Å². The number of likely N-dealkylation sites (tertiary alicyclic amines) is 1. The number of carboxylic acid groups (broad SMARTS) is 1. The van der Waals surface area contributed by atoms with Gasteiger partial charge in [0.2, 0.25) is 5.91 Å². The van der Waals surface area contributed by atoms with Crippen LogP contribution in [0.25, 0.3) is 0 Å². The van der Waals surface area contributed by atoms with E-state index in [0.717, 1.165) is 18.4 Å². The normalized spacial score (nSPS) is 18.5. The molecular formula is C16H21NO4. The maximum atomic E-state index is 12.2. The van der Waals surface area contributed by atoms with E-state index in [-0.39, 0.29) is 24.0 Å². The molecule has 114 valence electrons. The number of aromatic hydroxyl groups is 1. The summed E-state index contributed by atoms with van der Waals surface area (Å²) < 4.78 is 0. The Kier molecular flexibility index (Phi) is 5.20. The van der Waals surface area contributed by atoms with Crippen LogP contribution in [-0.4, -0.2) is 40.1 Å². The number of aliphatic carboxylic acids is 1. The number of amides is 1. The first-order valence-electron chi connectivity index (χ1n) is 7.32. The molecule has 5 heteroatoms. The SMILES string of the molecule is O=C(O)CC1CCCN(C(=O)CCc2ccccc2O)C1. The summed E-state index contributed by atoms with van der Waals surface area (Å²) in [6, 6.07) is 7.01. The van der Waals surface area contributed by atoms with Gasteiger partial charge in [0.1, 0.15) is 5.75 Å². The second-order valence-electron chi connectivity index (χ2n) is 5.57. The maximum absolute atomic E-state index is 12.2. The number of para-hydroxylation sites is 1. The molecule has 21 heavy (non-hydrogen) atoms. The number of benzene rings is 1. The highest BCUT2D eigenvalue weighted by molar-refractivity contribution is 5.76. The van der Waals surface area contributed by atoms with Crippen molar-refractivity contribution < 1.29 is 19.8 Å². The smallest absolute Gasteiger partial charge is 0.303 e. The molecule has 5 nitrogen and oxygen atoms in total. The molecule has 1 atom stereocenters. The van der Waals surface area contributed by atoms with E-state index in [1.54, 1.807) is 17.0 Å². The van der Waals surface area contributed by atoms with E-state index in [9.17, 15) is 14.7 Å². The monoisotopic (exact) mass is 291 g/mol. The molecule has 1 saturated heterocycles. The van der Waals surface area contributed by atoms with Crippen molar-refractivity contribution in [2.24, 2.45) is 5.92 Å². The summed E-state index contributed by atoms with van der Waals surface area (Å²) in [5.41, 5.74) is 0.768. The Morgan fingerprint density at radius 1 is 1.29 bits per heavy atom. The van der Waals surface area contributed by atoms with Crippen molar-refractivity contribution in [1.29, 1.82) is 0 Å². The molecule has 1 aliphatic rings. The van der Waals surface area contributed by atoms with Gasteiger partial charge in [-0.3, -0.25) is 9.59 Å². The number of hydrogen-bond acceptors (Lipinski definition) is 3. The number of phenols is 1. The van der Waals surface area contributed by atoms with Gasteiger partial charge < -0.3 is 15.1 Å². The highest BCUT2D eigenvalue weighted by Gasteiger charge is 2.25. The van der Waals surface area contributed by atoms with Gasteiger partial charge >= 0.3 is 5.97 Å². The zero-order chi connectivity index (χ0) is 15.2. The fraction of sp³-hybridized carbons (Fsp3) is 0.500. The van der Waals surface area contributed by atoms with Crippen molar-refractivity contribution in [2.45, 2.75) is 32.1 Å². The number of aryl methyl sites for hydroxylation is 1. The zero-order valence-electron chi connectivity index (χ0n) is 12.0. The van der Waals surface area contributed by atoms with Gasteiger partial charge in [0.25, 0.3) is 0 Å². The van der Waals surface area contributed by atoms with Crippen LogP contribution in [0.15, 0.2) is 24.3 Å². The summed E-state index contributed by atoms with van der Waals surface area (Å²) in [7, 11) is 0. The zero-order valence-corrected chi connectivity index (χ0v) is 12.0. The molecule has 0 spiro atoms. The lowest BCUT2D eigenvalue weighted by molar-refractivity contribution is -0.140. The van der Waals surface area contributed by atoms with Crippen LogP contribution in [0.4, 0.5) is 0 Å². The molecule has 1 heterocycles. The molecule has 1 amide bonds. The Balaban J connectivity index is 1.85. The van der Waals surface area contributed by atoms with Gasteiger partial charge in [0.05, 0.1) is 0 Å². The topological polar surface area (TPSA) is 77.8 Å². The Labute approximate surface area is 124 Å². The highest BCUT2D eigenvalue weighted by Crippen LogP contribution is 2.22. The van der Waals surface area contributed by atoms with Crippen molar-refractivity contribution in [2.75, 3.05) is 13.1 Å². The van der Waals surface area contributed by atoms with Crippen LogP contribution in [0.3, 0.4) is 0 Å². The minimum atomic E-state index is -0.802. The third kappa shape index (κ3) is 4.48. The number of rotatable bonds is 5. The lowest BCUT2D eigenvalue weighted by Gasteiger charge is -2.32. The molecule has 0 aliphatic carbocycles. The molecule has 1 aromatic rings. The molecule has 1 unspecified atom stereocenters. The van der Waals surface area contributed by atoms with Crippen molar-refractivity contribution in [3.63, 3.8) is 0 Å². The molecule has 1 aromatic carbocycles. The van der Waals surface area contributed by atoms with Crippen LogP contribution >= 0.6 is 0 Å². The fourth-order valence-electron chi connectivity index (χ4n) is 2.83. The van der Waals surface area contributed by atoms with Gasteiger partial charge in [-0.15, -0.1) is 0 Å². The lowest BCUT2D eigenvalue weighted by atomic mass is 9.94. The molecule has 1 fully saturated rings. The van der Waals surface area contributed by atoms with Gasteiger partial charge in [-0.2, -0.15) is 0 Å². The van der Waals surface area contributed by atoms with E-state index in [4.69, 9.17) is 5.11 Å². The molecule has 0 radical (unpaired) electrons. The molecular weight excluding hydrogens is 270 g/mol. The van der Waals surface area contributed by atoms with Crippen molar-refractivity contribution in [3.05, 3.63) is 29.8 Å². The average molecular weight is 291 g/mol. The third-order valence-corrected chi connectivity index (χ3v) is 3.93. The summed E-state index contributed by atoms with van der Waals surface area (Å²) >= 11 is 0. The Hall–Kier alpha value is -2.04. The summed E-state index contributed by atoms with van der Waals surface area (Å²) in [5, 5.41) is 18.5. The van der Waals surface area contributed by atoms with Crippen molar-refractivity contribution >= 4 is 11.9 Å². The minimum absolute atomic E-state index is 0.0355. The summed E-state index contributed by atoms with van der Waals surface area (Å²) in [4.78, 5) is 24.7. The first kappa shape index (κ1) is 15.4. The van der Waals surface area contributed by atoms with Crippen LogP contribution in [-0.2, 0) is 16.0 Å². The van der Waals surface area contributed by atoms with E-state index in [1.807, 2.05) is 12.1 Å². The second-order valence-corrected chi connectivity index (χ2v) is 5.57. The number of carbonyl (C=O) groups is 2. The number of nitrogens with zero attached hydrogens (tertiary/aromatic N) is 1. The van der Waals surface area contributed by atoms with Crippen molar-refractivity contribution in [1.82, 2.24) is 4.90 Å². The van der Waals surface area contributed by atoms with E-state index >= 15 is 0 Å². The highest BCUT2D eigenvalue weighted by atomic mass is 16.4. The number of carboxylic acids is 1. The minimum Gasteiger partial charge on any atom is -0.508 e. The molecule has 0 saturated carbocycles. The number of hydrogen-bond donors (Lipinski definition) is 2. The first-order chi connectivity index (χ1) is 10.1. The second kappa shape index (κ2) is 7.11. The van der Waals surface area contributed by atoms with Crippen LogP contribution in [0.2, 0.25) is 0 Å². The van der Waals surface area contributed by atoms with E-state index in [1.165, 1.54) is 0 Å². The predicted octanol–water partition coefficient (Wildman–Crippen LogP) is 2.04. The summed E-state index contributed by atoms with van der Waals surface area (Å²) in [6.07, 6.45) is 2.71. The molecule has 2 N–H and O–H groups in total. The van der Waals surface area contributed by atoms with Crippen LogP contribution in [0, 0.1) is 5.92 Å².